The summed E-state index contributed by atoms with van der Waals surface area (Å²) in [6.07, 6.45) is 6.17. The van der Waals surface area contributed by atoms with Crippen LogP contribution in [-0.2, 0) is 6.54 Å². The number of nitrogens with one attached hydrogen (secondary N) is 1. The van der Waals surface area contributed by atoms with E-state index < -0.39 is 0 Å². The second-order valence-electron chi connectivity index (χ2n) is 2.89. The molecule has 0 radical (unpaired) electrons. The molecule has 1 rings (SSSR count). The first-order valence-corrected chi connectivity index (χ1v) is 4.53. The zero-order chi connectivity index (χ0) is 8.65. The quantitative estimate of drug-likeness (QED) is 0.673. The van der Waals surface area contributed by atoms with Crippen LogP contribution in [0.1, 0.15) is 25.3 Å². The van der Waals surface area contributed by atoms with Crippen molar-refractivity contribution < 1.29 is 0 Å². The van der Waals surface area contributed by atoms with Crippen LogP contribution in [0, 0.1) is 0 Å². The summed E-state index contributed by atoms with van der Waals surface area (Å²) in [5.74, 6) is 0. The summed E-state index contributed by atoms with van der Waals surface area (Å²) in [4.78, 5) is 3.96. The van der Waals surface area contributed by atoms with Gasteiger partial charge in [0.25, 0.3) is 0 Å². The van der Waals surface area contributed by atoms with Gasteiger partial charge in [-0.05, 0) is 30.7 Å². The molecule has 0 aliphatic carbocycles. The zero-order valence-corrected chi connectivity index (χ0v) is 7.59. The summed E-state index contributed by atoms with van der Waals surface area (Å²) in [7, 11) is 0. The fourth-order valence-corrected chi connectivity index (χ4v) is 1.04. The lowest BCUT2D eigenvalue weighted by Crippen LogP contribution is -2.14. The van der Waals surface area contributed by atoms with Gasteiger partial charge in [0, 0.05) is 18.9 Å². The van der Waals surface area contributed by atoms with Gasteiger partial charge in [-0.15, -0.1) is 0 Å². The molecule has 1 aromatic heterocycles. The minimum Gasteiger partial charge on any atom is -0.313 e. The lowest BCUT2D eigenvalue weighted by molar-refractivity contribution is 0.641. The molecule has 12 heavy (non-hydrogen) atoms. The van der Waals surface area contributed by atoms with E-state index in [9.17, 15) is 0 Å². The Hall–Kier alpha value is -0.890. The van der Waals surface area contributed by atoms with E-state index in [1.807, 2.05) is 24.5 Å². The standard InChI is InChI=1S/C10H16N2/c1-2-3-6-12-9-10-4-7-11-8-5-10/h4-5,7-8,12H,2-3,6,9H2,1H3. The van der Waals surface area contributed by atoms with Crippen molar-refractivity contribution in [1.82, 2.24) is 10.3 Å². The van der Waals surface area contributed by atoms with Gasteiger partial charge in [-0.25, -0.2) is 0 Å². The third-order valence-electron chi connectivity index (χ3n) is 1.79. The van der Waals surface area contributed by atoms with Gasteiger partial charge in [0.2, 0.25) is 0 Å². The van der Waals surface area contributed by atoms with Crippen molar-refractivity contribution in [2.45, 2.75) is 26.3 Å². The Kier molecular flexibility index (Phi) is 4.39. The van der Waals surface area contributed by atoms with Crippen molar-refractivity contribution in [3.8, 4) is 0 Å². The van der Waals surface area contributed by atoms with E-state index >= 15 is 0 Å². The van der Waals surface area contributed by atoms with E-state index in [-0.39, 0.29) is 0 Å². The molecule has 0 amide bonds. The molecule has 0 spiro atoms. The highest BCUT2D eigenvalue weighted by molar-refractivity contribution is 5.08. The molecular weight excluding hydrogens is 148 g/mol. The summed E-state index contributed by atoms with van der Waals surface area (Å²) in [5, 5.41) is 3.37. The van der Waals surface area contributed by atoms with E-state index in [4.69, 9.17) is 0 Å². The molecule has 0 bridgehead atoms. The maximum Gasteiger partial charge on any atom is 0.0271 e. The maximum atomic E-state index is 3.96. The molecule has 0 fully saturated rings. The molecule has 2 heteroatoms. The second kappa shape index (κ2) is 5.72. The van der Waals surface area contributed by atoms with Crippen molar-refractivity contribution in [1.29, 1.82) is 0 Å². The smallest absolute Gasteiger partial charge is 0.0271 e. The van der Waals surface area contributed by atoms with Crippen LogP contribution in [0.2, 0.25) is 0 Å². The molecule has 0 saturated carbocycles. The Balaban J connectivity index is 2.16. The number of hydrogen-bond acceptors (Lipinski definition) is 2. The van der Waals surface area contributed by atoms with E-state index in [2.05, 4.69) is 17.2 Å². The van der Waals surface area contributed by atoms with Crippen LogP contribution in [-0.4, -0.2) is 11.5 Å². The van der Waals surface area contributed by atoms with Crippen molar-refractivity contribution >= 4 is 0 Å². The van der Waals surface area contributed by atoms with Crippen LogP contribution < -0.4 is 5.32 Å². The fraction of sp³-hybridized carbons (Fsp3) is 0.500. The number of pyridine rings is 1. The molecule has 0 atom stereocenters. The molecule has 1 heterocycles. The highest BCUT2D eigenvalue weighted by atomic mass is 14.8. The van der Waals surface area contributed by atoms with E-state index in [1.54, 1.807) is 0 Å². The highest BCUT2D eigenvalue weighted by Crippen LogP contribution is 1.94. The van der Waals surface area contributed by atoms with Gasteiger partial charge in [-0.2, -0.15) is 0 Å². The lowest BCUT2D eigenvalue weighted by Gasteiger charge is -2.02. The van der Waals surface area contributed by atoms with Gasteiger partial charge in [0.15, 0.2) is 0 Å². The maximum absolute atomic E-state index is 3.96. The minimum absolute atomic E-state index is 0.961. The number of aromatic nitrogens is 1. The first kappa shape index (κ1) is 9.20. The molecule has 66 valence electrons. The number of hydrogen-bond donors (Lipinski definition) is 1. The minimum atomic E-state index is 0.961. The zero-order valence-electron chi connectivity index (χ0n) is 7.59. The summed E-state index contributed by atoms with van der Waals surface area (Å²) in [6, 6.07) is 4.08. The van der Waals surface area contributed by atoms with Crippen molar-refractivity contribution in [2.75, 3.05) is 6.54 Å². The SMILES string of the molecule is CCCCNCc1ccncc1. The Morgan fingerprint density at radius 3 is 2.75 bits per heavy atom. The molecule has 0 aliphatic heterocycles. The van der Waals surface area contributed by atoms with Gasteiger partial charge < -0.3 is 5.32 Å². The number of rotatable bonds is 5. The Morgan fingerprint density at radius 1 is 1.33 bits per heavy atom. The van der Waals surface area contributed by atoms with Gasteiger partial charge >= 0.3 is 0 Å². The van der Waals surface area contributed by atoms with Crippen LogP contribution in [0.4, 0.5) is 0 Å². The van der Waals surface area contributed by atoms with E-state index in [0.717, 1.165) is 13.1 Å². The Morgan fingerprint density at radius 2 is 2.08 bits per heavy atom. The molecule has 1 aromatic rings. The average Bonchev–Trinajstić information content (AvgIpc) is 2.14. The van der Waals surface area contributed by atoms with Gasteiger partial charge in [0.05, 0.1) is 0 Å². The van der Waals surface area contributed by atoms with Crippen molar-refractivity contribution in [2.24, 2.45) is 0 Å². The van der Waals surface area contributed by atoms with Crippen LogP contribution in [0.5, 0.6) is 0 Å². The third-order valence-corrected chi connectivity index (χ3v) is 1.79. The summed E-state index contributed by atoms with van der Waals surface area (Å²) in [6.45, 7) is 4.27. The van der Waals surface area contributed by atoms with Gasteiger partial charge in [-0.1, -0.05) is 13.3 Å². The van der Waals surface area contributed by atoms with Crippen LogP contribution in [0.15, 0.2) is 24.5 Å². The fourth-order valence-electron chi connectivity index (χ4n) is 1.04. The van der Waals surface area contributed by atoms with Crippen LogP contribution >= 0.6 is 0 Å². The summed E-state index contributed by atoms with van der Waals surface area (Å²) < 4.78 is 0. The molecule has 2 nitrogen and oxygen atoms in total. The molecule has 0 aromatic carbocycles. The monoisotopic (exact) mass is 164 g/mol. The predicted molar refractivity (Wildman–Crippen MR) is 50.9 cm³/mol. The first-order valence-electron chi connectivity index (χ1n) is 4.53. The van der Waals surface area contributed by atoms with Gasteiger partial charge in [-0.3, -0.25) is 4.98 Å². The average molecular weight is 164 g/mol. The van der Waals surface area contributed by atoms with Gasteiger partial charge in [0.1, 0.15) is 0 Å². The topological polar surface area (TPSA) is 24.9 Å². The summed E-state index contributed by atoms with van der Waals surface area (Å²) >= 11 is 0. The first-order chi connectivity index (χ1) is 5.93. The van der Waals surface area contributed by atoms with Crippen molar-refractivity contribution in [3.05, 3.63) is 30.1 Å². The van der Waals surface area contributed by atoms with Crippen molar-refractivity contribution in [3.63, 3.8) is 0 Å². The van der Waals surface area contributed by atoms with Crippen LogP contribution in [0.25, 0.3) is 0 Å². The van der Waals surface area contributed by atoms with Crippen LogP contribution in [0.3, 0.4) is 0 Å². The van der Waals surface area contributed by atoms with E-state index in [0.29, 0.717) is 0 Å². The predicted octanol–water partition coefficient (Wildman–Crippen LogP) is 1.97. The number of unbranched alkanes of at least 4 members (excludes halogenated alkanes) is 1. The second-order valence-corrected chi connectivity index (χ2v) is 2.89. The Labute approximate surface area is 74.0 Å². The third kappa shape index (κ3) is 3.49. The largest absolute Gasteiger partial charge is 0.313 e. The Bertz CT molecular complexity index is 196. The molecular formula is C10H16N2. The lowest BCUT2D eigenvalue weighted by atomic mass is 10.2. The molecule has 0 saturated heterocycles. The summed E-state index contributed by atoms with van der Waals surface area (Å²) in [5.41, 5.74) is 1.31. The normalized spacial score (nSPS) is 10.1. The molecule has 1 N–H and O–H groups in total. The molecule has 0 aliphatic rings. The number of nitrogens with zero attached hydrogens (tertiary/aromatic N) is 1. The van der Waals surface area contributed by atoms with E-state index in [1.165, 1.54) is 18.4 Å². The molecule has 0 unspecified atom stereocenters. The highest BCUT2D eigenvalue weighted by Gasteiger charge is 1.89.